The Morgan fingerprint density at radius 3 is 2.19 bits per heavy atom. The normalized spacial score (nSPS) is 31.7. The van der Waals surface area contributed by atoms with E-state index in [0.717, 1.165) is 24.2 Å². The zero-order chi connectivity index (χ0) is 19.3. The van der Waals surface area contributed by atoms with Gasteiger partial charge >= 0.3 is 11.9 Å². The Morgan fingerprint density at radius 1 is 1.04 bits per heavy atom. The zero-order valence-electron chi connectivity index (χ0n) is 16.9. The molecule has 0 spiro atoms. The van der Waals surface area contributed by atoms with Gasteiger partial charge in [-0.05, 0) is 87.9 Å². The van der Waals surface area contributed by atoms with Crippen molar-refractivity contribution < 1.29 is 19.1 Å². The summed E-state index contributed by atoms with van der Waals surface area (Å²) in [5.74, 6) is 7.95. The van der Waals surface area contributed by atoms with Gasteiger partial charge in [-0.3, -0.25) is 9.59 Å². The van der Waals surface area contributed by atoms with E-state index in [0.29, 0.717) is 24.9 Å². The van der Waals surface area contributed by atoms with Crippen molar-refractivity contribution in [3.8, 4) is 11.8 Å². The van der Waals surface area contributed by atoms with Crippen LogP contribution in [-0.2, 0) is 19.1 Å². The van der Waals surface area contributed by atoms with Crippen LogP contribution >= 0.6 is 0 Å². The molecule has 4 heteroatoms. The van der Waals surface area contributed by atoms with Crippen LogP contribution in [0.15, 0.2) is 0 Å². The van der Waals surface area contributed by atoms with Crippen molar-refractivity contribution >= 4 is 11.9 Å². The van der Waals surface area contributed by atoms with Crippen molar-refractivity contribution in [1.82, 2.24) is 0 Å². The summed E-state index contributed by atoms with van der Waals surface area (Å²) in [6, 6.07) is 0. The number of hydrogen-bond donors (Lipinski definition) is 0. The smallest absolute Gasteiger partial charge is 0.307 e. The maximum Gasteiger partial charge on any atom is 0.307 e. The fraction of sp³-hybridized carbons (Fsp3) is 0.826. The largest absolute Gasteiger partial charge is 0.466 e. The molecular formula is C23H34O4. The van der Waals surface area contributed by atoms with E-state index >= 15 is 0 Å². The van der Waals surface area contributed by atoms with Crippen LogP contribution < -0.4 is 0 Å². The lowest BCUT2D eigenvalue weighted by Crippen LogP contribution is -2.46. The molecule has 0 heterocycles. The maximum atomic E-state index is 12.0. The maximum absolute atomic E-state index is 12.0. The minimum atomic E-state index is -0.338. The molecule has 4 aliphatic carbocycles. The lowest BCUT2D eigenvalue weighted by Gasteiger charge is -2.57. The number of hydrogen-bond acceptors (Lipinski definition) is 4. The van der Waals surface area contributed by atoms with Crippen LogP contribution in [0.4, 0.5) is 0 Å². The van der Waals surface area contributed by atoms with Gasteiger partial charge in [0.05, 0.1) is 6.61 Å². The highest BCUT2D eigenvalue weighted by molar-refractivity contribution is 5.72. The van der Waals surface area contributed by atoms with Crippen molar-refractivity contribution in [2.24, 2.45) is 23.2 Å². The Balaban J connectivity index is 1.30. The minimum absolute atomic E-state index is 0.187. The average molecular weight is 375 g/mol. The van der Waals surface area contributed by atoms with Crippen LogP contribution in [0.1, 0.15) is 84.5 Å². The van der Waals surface area contributed by atoms with Crippen LogP contribution in [0, 0.1) is 35.0 Å². The van der Waals surface area contributed by atoms with E-state index in [1.54, 1.807) is 6.92 Å². The molecule has 0 aromatic heterocycles. The van der Waals surface area contributed by atoms with Gasteiger partial charge in [-0.2, -0.15) is 0 Å². The number of carbonyl (C=O) groups excluding carboxylic acids is 2. The first-order valence-corrected chi connectivity index (χ1v) is 10.8. The molecule has 4 rings (SSSR count). The first kappa shape index (κ1) is 20.2. The van der Waals surface area contributed by atoms with Crippen molar-refractivity contribution in [3.05, 3.63) is 0 Å². The van der Waals surface area contributed by atoms with Crippen molar-refractivity contribution in [2.45, 2.75) is 90.6 Å². The summed E-state index contributed by atoms with van der Waals surface area (Å²) in [5.41, 5.74) is 0.453. The van der Waals surface area contributed by atoms with E-state index in [1.165, 1.54) is 38.5 Å². The van der Waals surface area contributed by atoms with E-state index in [-0.39, 0.29) is 30.9 Å². The topological polar surface area (TPSA) is 52.6 Å². The molecule has 4 fully saturated rings. The third kappa shape index (κ3) is 5.50. The quantitative estimate of drug-likeness (QED) is 0.435. The third-order valence-electron chi connectivity index (χ3n) is 6.77. The highest BCUT2D eigenvalue weighted by Crippen LogP contribution is 2.61. The standard InChI is InChI=1S/C23H34O4/c1-3-6-20(4-2)27-22(25)8-5-7-21(24)26-10-9-23-14-17-11-18(15-23)13-19(12-17)16-23/h17-20H,4-5,7-16H2,1-2H3. The number of carbonyl (C=O) groups is 2. The molecule has 150 valence electrons. The third-order valence-corrected chi connectivity index (χ3v) is 6.77. The molecule has 4 nitrogen and oxygen atoms in total. The minimum Gasteiger partial charge on any atom is -0.466 e. The predicted molar refractivity (Wildman–Crippen MR) is 104 cm³/mol. The highest BCUT2D eigenvalue weighted by atomic mass is 16.5. The molecule has 1 atom stereocenters. The fourth-order valence-electron chi connectivity index (χ4n) is 6.02. The van der Waals surface area contributed by atoms with Gasteiger partial charge in [-0.25, -0.2) is 0 Å². The van der Waals surface area contributed by atoms with Crippen LogP contribution in [-0.4, -0.2) is 24.6 Å². The molecule has 0 aromatic carbocycles. The first-order chi connectivity index (χ1) is 13.0. The van der Waals surface area contributed by atoms with Crippen molar-refractivity contribution in [3.63, 3.8) is 0 Å². The molecule has 4 saturated carbocycles. The SMILES string of the molecule is CC#CC(CC)OC(=O)CCCC(=O)OCCC12CC3CC(CC(C3)C1)C2. The molecule has 1 unspecified atom stereocenters. The molecular weight excluding hydrogens is 340 g/mol. The van der Waals surface area contributed by atoms with Gasteiger partial charge in [0.1, 0.15) is 0 Å². The molecule has 27 heavy (non-hydrogen) atoms. The second-order valence-corrected chi connectivity index (χ2v) is 9.02. The van der Waals surface area contributed by atoms with Crippen LogP contribution in [0.25, 0.3) is 0 Å². The van der Waals surface area contributed by atoms with Crippen molar-refractivity contribution in [1.29, 1.82) is 0 Å². The van der Waals surface area contributed by atoms with Gasteiger partial charge in [-0.15, -0.1) is 5.92 Å². The Hall–Kier alpha value is -1.50. The predicted octanol–water partition coefficient (Wildman–Crippen LogP) is 4.65. The summed E-state index contributed by atoms with van der Waals surface area (Å²) in [5, 5.41) is 0. The van der Waals surface area contributed by atoms with Gasteiger partial charge in [0.15, 0.2) is 6.10 Å². The van der Waals surface area contributed by atoms with Gasteiger partial charge in [0.2, 0.25) is 0 Å². The Bertz CT molecular complexity index is 562. The molecule has 0 aliphatic heterocycles. The molecule has 0 radical (unpaired) electrons. The Morgan fingerprint density at radius 2 is 1.63 bits per heavy atom. The van der Waals surface area contributed by atoms with Gasteiger partial charge in [0, 0.05) is 12.8 Å². The monoisotopic (exact) mass is 374 g/mol. The van der Waals surface area contributed by atoms with E-state index in [1.807, 2.05) is 6.92 Å². The fourth-order valence-corrected chi connectivity index (χ4v) is 6.02. The highest BCUT2D eigenvalue weighted by Gasteiger charge is 2.50. The Labute approximate surface area is 163 Å². The number of ether oxygens (including phenoxy) is 2. The summed E-state index contributed by atoms with van der Waals surface area (Å²) >= 11 is 0. The average Bonchev–Trinajstić information content (AvgIpc) is 2.60. The number of esters is 2. The summed E-state index contributed by atoms with van der Waals surface area (Å²) in [6.45, 7) is 4.21. The molecule has 0 aromatic rings. The number of rotatable bonds is 9. The van der Waals surface area contributed by atoms with Crippen LogP contribution in [0.2, 0.25) is 0 Å². The van der Waals surface area contributed by atoms with E-state index in [4.69, 9.17) is 9.47 Å². The summed E-state index contributed by atoms with van der Waals surface area (Å²) in [4.78, 5) is 23.8. The van der Waals surface area contributed by atoms with Crippen molar-refractivity contribution in [2.75, 3.05) is 6.61 Å². The van der Waals surface area contributed by atoms with E-state index < -0.39 is 0 Å². The van der Waals surface area contributed by atoms with E-state index in [2.05, 4.69) is 11.8 Å². The first-order valence-electron chi connectivity index (χ1n) is 10.8. The molecule has 0 amide bonds. The van der Waals surface area contributed by atoms with Crippen LogP contribution in [0.3, 0.4) is 0 Å². The summed E-state index contributed by atoms with van der Waals surface area (Å²) in [6.07, 6.45) is 10.7. The summed E-state index contributed by atoms with van der Waals surface area (Å²) in [7, 11) is 0. The van der Waals surface area contributed by atoms with Gasteiger partial charge in [0.25, 0.3) is 0 Å². The molecule has 0 N–H and O–H groups in total. The Kier molecular flexibility index (Phi) is 6.84. The lowest BCUT2D eigenvalue weighted by atomic mass is 9.49. The lowest BCUT2D eigenvalue weighted by molar-refractivity contribution is -0.148. The van der Waals surface area contributed by atoms with Crippen LogP contribution in [0.5, 0.6) is 0 Å². The molecule has 4 bridgehead atoms. The molecule has 4 aliphatic rings. The second kappa shape index (κ2) is 9.13. The van der Waals surface area contributed by atoms with E-state index in [9.17, 15) is 9.59 Å². The van der Waals surface area contributed by atoms with Gasteiger partial charge < -0.3 is 9.47 Å². The molecule has 0 saturated heterocycles. The second-order valence-electron chi connectivity index (χ2n) is 9.02. The van der Waals surface area contributed by atoms with Gasteiger partial charge in [-0.1, -0.05) is 12.8 Å². The zero-order valence-corrected chi connectivity index (χ0v) is 16.9. The summed E-state index contributed by atoms with van der Waals surface area (Å²) < 4.78 is 10.8.